The third-order valence-corrected chi connectivity index (χ3v) is 2.00. The van der Waals surface area contributed by atoms with Gasteiger partial charge in [-0.05, 0) is 25.9 Å². The van der Waals surface area contributed by atoms with Gasteiger partial charge in [-0.1, -0.05) is 13.8 Å². The molecule has 0 atom stereocenters. The number of nitrogens with one attached hydrogen (secondary N) is 1. The lowest BCUT2D eigenvalue weighted by atomic mass is 10.4. The van der Waals surface area contributed by atoms with E-state index in [-0.39, 0.29) is 5.91 Å². The minimum absolute atomic E-state index is 0.0733. The number of nitrogens with zero attached hydrogens (tertiary/aromatic N) is 1. The minimum Gasteiger partial charge on any atom is -0.355 e. The highest BCUT2D eigenvalue weighted by Crippen LogP contribution is 2.05. The van der Waals surface area contributed by atoms with Crippen LogP contribution in [0.3, 0.4) is 0 Å². The number of hydrogen-bond acceptors (Lipinski definition) is 2. The van der Waals surface area contributed by atoms with Crippen LogP contribution >= 0.6 is 0 Å². The Morgan fingerprint density at radius 3 is 2.31 bits per heavy atom. The van der Waals surface area contributed by atoms with Gasteiger partial charge in [0.1, 0.15) is 0 Å². The molecule has 0 aromatic carbocycles. The van der Waals surface area contributed by atoms with Crippen LogP contribution in [-0.2, 0) is 4.79 Å². The first-order valence-corrected chi connectivity index (χ1v) is 5.26. The van der Waals surface area contributed by atoms with Gasteiger partial charge in [-0.25, -0.2) is 0 Å². The molecule has 0 saturated carbocycles. The number of carbonyl (C=O) groups is 1. The highest BCUT2D eigenvalue weighted by atomic mass is 16.1. The third kappa shape index (κ3) is 6.58. The summed E-state index contributed by atoms with van der Waals surface area (Å²) in [4.78, 5) is 12.9. The van der Waals surface area contributed by atoms with Crippen LogP contribution in [0.25, 0.3) is 0 Å². The van der Waals surface area contributed by atoms with Crippen LogP contribution in [0.5, 0.6) is 0 Å². The van der Waals surface area contributed by atoms with E-state index in [4.69, 9.17) is 0 Å². The highest BCUT2D eigenvalue weighted by molar-refractivity contribution is 5.72. The van der Waals surface area contributed by atoms with E-state index < -0.39 is 0 Å². The summed E-state index contributed by atoms with van der Waals surface area (Å²) >= 11 is 0. The molecule has 0 radical (unpaired) electrons. The minimum atomic E-state index is 0.0733. The molecule has 0 spiro atoms. The van der Waals surface area contributed by atoms with Crippen molar-refractivity contribution in [3.63, 3.8) is 0 Å². The molecule has 0 unspecified atom stereocenters. The van der Waals surface area contributed by atoms with Crippen molar-refractivity contribution in [2.75, 3.05) is 26.2 Å². The normalized spacial score (nSPS) is 16.2. The topological polar surface area (TPSA) is 32.3 Å². The van der Waals surface area contributed by atoms with Crippen molar-refractivity contribution in [2.45, 2.75) is 33.6 Å². The molecule has 1 heterocycles. The Labute approximate surface area is 81.5 Å². The van der Waals surface area contributed by atoms with E-state index in [0.717, 1.165) is 13.1 Å². The third-order valence-electron chi connectivity index (χ3n) is 2.00. The lowest BCUT2D eigenvalue weighted by Gasteiger charge is -2.13. The highest BCUT2D eigenvalue weighted by Gasteiger charge is 2.09. The zero-order chi connectivity index (χ0) is 10.1. The number of rotatable bonds is 3. The van der Waals surface area contributed by atoms with Crippen molar-refractivity contribution in [2.24, 2.45) is 0 Å². The van der Waals surface area contributed by atoms with Gasteiger partial charge in [-0.15, -0.1) is 0 Å². The van der Waals surface area contributed by atoms with Crippen LogP contribution < -0.4 is 5.32 Å². The Bertz CT molecular complexity index is 131. The summed E-state index contributed by atoms with van der Waals surface area (Å²) in [5, 5.41) is 2.79. The summed E-state index contributed by atoms with van der Waals surface area (Å²) in [6, 6.07) is 0. The molecule has 1 saturated heterocycles. The SMILES string of the molecule is CC.CC(=O)NCCN1CCCC1. The van der Waals surface area contributed by atoms with Crippen molar-refractivity contribution in [1.82, 2.24) is 10.2 Å². The second-order valence-corrected chi connectivity index (χ2v) is 3.03. The maximum Gasteiger partial charge on any atom is 0.216 e. The van der Waals surface area contributed by atoms with Crippen LogP contribution in [0.1, 0.15) is 33.6 Å². The van der Waals surface area contributed by atoms with Crippen LogP contribution in [0.2, 0.25) is 0 Å². The van der Waals surface area contributed by atoms with Crippen LogP contribution in [0.15, 0.2) is 0 Å². The molecule has 1 N–H and O–H groups in total. The fourth-order valence-corrected chi connectivity index (χ4v) is 1.40. The van der Waals surface area contributed by atoms with E-state index in [2.05, 4.69) is 10.2 Å². The standard InChI is InChI=1S/C8H16N2O.C2H6/c1-8(11)9-4-7-10-5-2-3-6-10;1-2/h2-7H2,1H3,(H,9,11);1-2H3. The lowest BCUT2D eigenvalue weighted by molar-refractivity contribution is -0.119. The summed E-state index contributed by atoms with van der Waals surface area (Å²) in [7, 11) is 0. The summed E-state index contributed by atoms with van der Waals surface area (Å²) in [6.45, 7) is 9.79. The van der Waals surface area contributed by atoms with Gasteiger partial charge < -0.3 is 10.2 Å². The van der Waals surface area contributed by atoms with Crippen LogP contribution in [0.4, 0.5) is 0 Å². The van der Waals surface area contributed by atoms with E-state index in [1.807, 2.05) is 13.8 Å². The van der Waals surface area contributed by atoms with E-state index >= 15 is 0 Å². The molecule has 0 bridgehead atoms. The Hall–Kier alpha value is -0.570. The maximum absolute atomic E-state index is 10.5. The molecule has 1 rings (SSSR count). The second-order valence-electron chi connectivity index (χ2n) is 3.03. The van der Waals surface area contributed by atoms with Crippen molar-refractivity contribution in [3.8, 4) is 0 Å². The van der Waals surface area contributed by atoms with Crippen molar-refractivity contribution in [1.29, 1.82) is 0 Å². The Morgan fingerprint density at radius 2 is 1.85 bits per heavy atom. The molecule has 3 heteroatoms. The van der Waals surface area contributed by atoms with Crippen molar-refractivity contribution >= 4 is 5.91 Å². The summed E-state index contributed by atoms with van der Waals surface area (Å²) in [5.41, 5.74) is 0. The predicted octanol–water partition coefficient (Wildman–Crippen LogP) is 1.24. The molecule has 1 fully saturated rings. The largest absolute Gasteiger partial charge is 0.355 e. The first kappa shape index (κ1) is 12.4. The molecule has 1 amide bonds. The number of likely N-dealkylation sites (tertiary alicyclic amines) is 1. The van der Waals surface area contributed by atoms with Crippen LogP contribution in [-0.4, -0.2) is 37.0 Å². The van der Waals surface area contributed by atoms with E-state index in [1.54, 1.807) is 6.92 Å². The zero-order valence-electron chi connectivity index (χ0n) is 9.10. The Kier molecular flexibility index (Phi) is 7.69. The van der Waals surface area contributed by atoms with Gasteiger partial charge in [0.25, 0.3) is 0 Å². The summed E-state index contributed by atoms with van der Waals surface area (Å²) in [6.07, 6.45) is 2.64. The molecule has 1 aliphatic heterocycles. The molecule has 0 aromatic heterocycles. The fraction of sp³-hybridized carbons (Fsp3) is 0.900. The van der Waals surface area contributed by atoms with Gasteiger partial charge in [-0.3, -0.25) is 4.79 Å². The van der Waals surface area contributed by atoms with Gasteiger partial charge in [0, 0.05) is 20.0 Å². The molecule has 78 valence electrons. The average Bonchev–Trinajstić information content (AvgIpc) is 2.60. The second kappa shape index (κ2) is 8.05. The van der Waals surface area contributed by atoms with Crippen LogP contribution in [0, 0.1) is 0 Å². The lowest BCUT2D eigenvalue weighted by Crippen LogP contribution is -2.32. The Morgan fingerprint density at radius 1 is 1.31 bits per heavy atom. The maximum atomic E-state index is 10.5. The molecule has 0 aliphatic carbocycles. The smallest absolute Gasteiger partial charge is 0.216 e. The zero-order valence-corrected chi connectivity index (χ0v) is 9.10. The summed E-state index contributed by atoms with van der Waals surface area (Å²) in [5.74, 6) is 0.0733. The molecular weight excluding hydrogens is 164 g/mol. The molecule has 13 heavy (non-hydrogen) atoms. The van der Waals surface area contributed by atoms with E-state index in [9.17, 15) is 4.79 Å². The molecule has 0 aromatic rings. The van der Waals surface area contributed by atoms with Crippen molar-refractivity contribution in [3.05, 3.63) is 0 Å². The average molecular weight is 186 g/mol. The monoisotopic (exact) mass is 186 g/mol. The number of amides is 1. The first-order chi connectivity index (χ1) is 6.29. The van der Waals surface area contributed by atoms with E-state index in [0.29, 0.717) is 0 Å². The molecule has 1 aliphatic rings. The quantitative estimate of drug-likeness (QED) is 0.719. The fourth-order valence-electron chi connectivity index (χ4n) is 1.40. The summed E-state index contributed by atoms with van der Waals surface area (Å²) < 4.78 is 0. The van der Waals surface area contributed by atoms with Gasteiger partial charge >= 0.3 is 0 Å². The number of carbonyl (C=O) groups excluding carboxylic acids is 1. The van der Waals surface area contributed by atoms with Gasteiger partial charge in [0.2, 0.25) is 5.91 Å². The Balaban J connectivity index is 0.000000671. The predicted molar refractivity (Wildman–Crippen MR) is 55.7 cm³/mol. The first-order valence-electron chi connectivity index (χ1n) is 5.26. The van der Waals surface area contributed by atoms with E-state index in [1.165, 1.54) is 25.9 Å². The van der Waals surface area contributed by atoms with Gasteiger partial charge in [0.15, 0.2) is 0 Å². The molecule has 3 nitrogen and oxygen atoms in total. The van der Waals surface area contributed by atoms with Gasteiger partial charge in [-0.2, -0.15) is 0 Å². The number of hydrogen-bond donors (Lipinski definition) is 1. The molecular formula is C10H22N2O. The van der Waals surface area contributed by atoms with Gasteiger partial charge in [0.05, 0.1) is 0 Å². The van der Waals surface area contributed by atoms with Crippen molar-refractivity contribution < 1.29 is 4.79 Å².